The van der Waals surface area contributed by atoms with Crippen molar-refractivity contribution in [2.45, 2.75) is 26.8 Å². The maximum absolute atomic E-state index is 13.5. The molecule has 1 atom stereocenters. The number of carbonyl (C=O) groups excluding carboxylic acids is 2. The van der Waals surface area contributed by atoms with Gasteiger partial charge in [0.25, 0.3) is 11.7 Å². The molecule has 39 heavy (non-hydrogen) atoms. The molecule has 1 heterocycles. The van der Waals surface area contributed by atoms with Crippen LogP contribution in [0.15, 0.2) is 72.3 Å². The van der Waals surface area contributed by atoms with Crippen molar-refractivity contribution in [2.24, 2.45) is 5.92 Å². The van der Waals surface area contributed by atoms with Crippen LogP contribution in [0, 0.1) is 5.92 Å². The second-order valence-corrected chi connectivity index (χ2v) is 9.44. The number of anilines is 1. The summed E-state index contributed by atoms with van der Waals surface area (Å²) < 4.78 is 22.3. The van der Waals surface area contributed by atoms with Crippen molar-refractivity contribution < 1.29 is 33.6 Å². The van der Waals surface area contributed by atoms with Crippen molar-refractivity contribution in [2.75, 3.05) is 32.3 Å². The zero-order valence-electron chi connectivity index (χ0n) is 22.8. The molecule has 3 aromatic carbocycles. The molecule has 3 aromatic rings. The fourth-order valence-corrected chi connectivity index (χ4v) is 4.43. The summed E-state index contributed by atoms with van der Waals surface area (Å²) in [6, 6.07) is 17.9. The molecule has 1 saturated heterocycles. The van der Waals surface area contributed by atoms with Gasteiger partial charge < -0.3 is 24.1 Å². The van der Waals surface area contributed by atoms with E-state index in [0.29, 0.717) is 58.9 Å². The van der Waals surface area contributed by atoms with E-state index in [4.69, 9.17) is 18.9 Å². The van der Waals surface area contributed by atoms with E-state index < -0.39 is 17.7 Å². The van der Waals surface area contributed by atoms with Crippen LogP contribution in [0.4, 0.5) is 5.69 Å². The van der Waals surface area contributed by atoms with Gasteiger partial charge in [0.1, 0.15) is 17.3 Å². The van der Waals surface area contributed by atoms with E-state index in [9.17, 15) is 14.7 Å². The maximum atomic E-state index is 13.5. The molecule has 0 bridgehead atoms. The molecule has 204 valence electrons. The van der Waals surface area contributed by atoms with Gasteiger partial charge in [-0.2, -0.15) is 0 Å². The molecule has 0 spiro atoms. The average molecular weight is 532 g/mol. The number of aliphatic hydroxyl groups excluding tert-OH is 1. The molecule has 1 unspecified atom stereocenters. The molecule has 1 amide bonds. The van der Waals surface area contributed by atoms with Crippen molar-refractivity contribution in [3.05, 3.63) is 83.4 Å². The first kappa shape index (κ1) is 27.6. The molecule has 1 aliphatic heterocycles. The number of ether oxygens (including phenoxy) is 4. The number of amides is 1. The van der Waals surface area contributed by atoms with Crippen LogP contribution in [0.25, 0.3) is 5.76 Å². The summed E-state index contributed by atoms with van der Waals surface area (Å²) in [7, 11) is 3.06. The number of rotatable bonds is 10. The molecular weight excluding hydrogens is 498 g/mol. The van der Waals surface area contributed by atoms with Gasteiger partial charge in [0.15, 0.2) is 11.5 Å². The van der Waals surface area contributed by atoms with Gasteiger partial charge >= 0.3 is 0 Å². The van der Waals surface area contributed by atoms with Crippen molar-refractivity contribution in [1.82, 2.24) is 0 Å². The second kappa shape index (κ2) is 11.9. The number of aliphatic hydroxyl groups is 1. The number of benzene rings is 3. The topological polar surface area (TPSA) is 94.5 Å². The van der Waals surface area contributed by atoms with Gasteiger partial charge in [0.2, 0.25) is 0 Å². The van der Waals surface area contributed by atoms with Crippen LogP contribution in [0.2, 0.25) is 0 Å². The molecule has 0 aliphatic carbocycles. The minimum Gasteiger partial charge on any atom is -0.507 e. The van der Waals surface area contributed by atoms with Gasteiger partial charge in [-0.05, 0) is 66.9 Å². The van der Waals surface area contributed by atoms with Crippen LogP contribution in [0.5, 0.6) is 23.0 Å². The highest BCUT2D eigenvalue weighted by molar-refractivity contribution is 6.51. The monoisotopic (exact) mass is 531 g/mol. The molecule has 8 nitrogen and oxygen atoms in total. The van der Waals surface area contributed by atoms with Crippen molar-refractivity contribution in [3.63, 3.8) is 0 Å². The van der Waals surface area contributed by atoms with Gasteiger partial charge in [0.05, 0.1) is 39.0 Å². The standard InChI is InChI=1S/C31H33NO7/c1-6-38-26-16-21(12-15-25(26)37-5)28-27(29(33)20-10-13-23(14-11-20)39-18-19(2)3)30(34)31(35)32(28)22-8-7-9-24(17-22)36-4/h7-17,19,28,33H,6,18H2,1-5H3/b29-27-. The molecule has 0 saturated carbocycles. The molecule has 8 heteroatoms. The Labute approximate surface area is 228 Å². The van der Waals surface area contributed by atoms with E-state index in [1.807, 2.05) is 6.92 Å². The minimum atomic E-state index is -0.931. The quantitative estimate of drug-likeness (QED) is 0.202. The molecule has 0 radical (unpaired) electrons. The number of methoxy groups -OCH3 is 2. The van der Waals surface area contributed by atoms with Crippen LogP contribution in [0.1, 0.15) is 37.9 Å². The Balaban J connectivity index is 1.87. The first-order valence-electron chi connectivity index (χ1n) is 12.8. The third kappa shape index (κ3) is 5.70. The second-order valence-electron chi connectivity index (χ2n) is 9.44. The van der Waals surface area contributed by atoms with Crippen LogP contribution >= 0.6 is 0 Å². The Morgan fingerprint density at radius 3 is 2.28 bits per heavy atom. The van der Waals surface area contributed by atoms with Gasteiger partial charge in [-0.25, -0.2) is 0 Å². The zero-order valence-corrected chi connectivity index (χ0v) is 22.8. The zero-order chi connectivity index (χ0) is 28.1. The predicted molar refractivity (Wildman–Crippen MR) is 149 cm³/mol. The SMILES string of the molecule is CCOc1cc(C2/C(=C(/O)c3ccc(OCC(C)C)cc3)C(=O)C(=O)N2c2cccc(OC)c2)ccc1OC. The number of Topliss-reactive ketones (excluding diaryl/α,β-unsaturated/α-hetero) is 1. The van der Waals surface area contributed by atoms with Gasteiger partial charge in [0, 0.05) is 17.3 Å². The van der Waals surface area contributed by atoms with Crippen LogP contribution in [-0.2, 0) is 9.59 Å². The third-order valence-electron chi connectivity index (χ3n) is 6.29. The number of ketones is 1. The Hall–Kier alpha value is -4.46. The van der Waals surface area contributed by atoms with E-state index in [2.05, 4.69) is 13.8 Å². The van der Waals surface area contributed by atoms with Crippen LogP contribution < -0.4 is 23.8 Å². The number of hydrogen-bond acceptors (Lipinski definition) is 7. The number of carbonyl (C=O) groups is 2. The minimum absolute atomic E-state index is 0.0358. The third-order valence-corrected chi connectivity index (χ3v) is 6.29. The maximum Gasteiger partial charge on any atom is 0.300 e. The summed E-state index contributed by atoms with van der Waals surface area (Å²) in [4.78, 5) is 28.4. The molecular formula is C31H33NO7. The average Bonchev–Trinajstić information content (AvgIpc) is 3.21. The van der Waals surface area contributed by atoms with E-state index in [1.54, 1.807) is 66.7 Å². The van der Waals surface area contributed by atoms with Crippen molar-refractivity contribution >= 4 is 23.1 Å². The fraction of sp³-hybridized carbons (Fsp3) is 0.290. The van der Waals surface area contributed by atoms with Crippen LogP contribution in [-0.4, -0.2) is 44.2 Å². The Kier molecular flexibility index (Phi) is 8.44. The lowest BCUT2D eigenvalue weighted by molar-refractivity contribution is -0.132. The van der Waals surface area contributed by atoms with E-state index in [-0.39, 0.29) is 11.3 Å². The van der Waals surface area contributed by atoms with Crippen molar-refractivity contribution in [3.8, 4) is 23.0 Å². The molecule has 0 aromatic heterocycles. The van der Waals surface area contributed by atoms with Gasteiger partial charge in [-0.15, -0.1) is 0 Å². The summed E-state index contributed by atoms with van der Waals surface area (Å²) >= 11 is 0. The molecule has 1 N–H and O–H groups in total. The lowest BCUT2D eigenvalue weighted by Gasteiger charge is -2.26. The lowest BCUT2D eigenvalue weighted by atomic mass is 9.94. The van der Waals surface area contributed by atoms with Crippen LogP contribution in [0.3, 0.4) is 0 Å². The highest BCUT2D eigenvalue weighted by Gasteiger charge is 2.47. The van der Waals surface area contributed by atoms with Gasteiger partial charge in [-0.3, -0.25) is 14.5 Å². The Bertz CT molecular complexity index is 1380. The Morgan fingerprint density at radius 1 is 0.897 bits per heavy atom. The summed E-state index contributed by atoms with van der Waals surface area (Å²) in [5.41, 5.74) is 1.37. The smallest absolute Gasteiger partial charge is 0.300 e. The summed E-state index contributed by atoms with van der Waals surface area (Å²) in [5, 5.41) is 11.4. The first-order chi connectivity index (χ1) is 18.8. The van der Waals surface area contributed by atoms with E-state index in [1.165, 1.54) is 19.1 Å². The fourth-order valence-electron chi connectivity index (χ4n) is 4.43. The summed E-state index contributed by atoms with van der Waals surface area (Å²) in [5.74, 6) is 0.649. The van der Waals surface area contributed by atoms with E-state index >= 15 is 0 Å². The summed E-state index contributed by atoms with van der Waals surface area (Å²) in [6.07, 6.45) is 0. The first-order valence-corrected chi connectivity index (χ1v) is 12.8. The number of hydrogen-bond donors (Lipinski definition) is 1. The summed E-state index contributed by atoms with van der Waals surface area (Å²) in [6.45, 7) is 6.90. The predicted octanol–water partition coefficient (Wildman–Crippen LogP) is 5.76. The normalized spacial score (nSPS) is 16.5. The van der Waals surface area contributed by atoms with Gasteiger partial charge in [-0.1, -0.05) is 26.0 Å². The van der Waals surface area contributed by atoms with E-state index in [0.717, 1.165) is 0 Å². The highest BCUT2D eigenvalue weighted by Crippen LogP contribution is 2.44. The molecule has 1 fully saturated rings. The molecule has 4 rings (SSSR count). The Morgan fingerprint density at radius 2 is 1.64 bits per heavy atom. The van der Waals surface area contributed by atoms with Crippen molar-refractivity contribution in [1.29, 1.82) is 0 Å². The largest absolute Gasteiger partial charge is 0.507 e. The lowest BCUT2D eigenvalue weighted by Crippen LogP contribution is -2.29. The highest BCUT2D eigenvalue weighted by atomic mass is 16.5. The molecule has 1 aliphatic rings. The number of nitrogens with zero attached hydrogens (tertiary/aromatic N) is 1.